The molecule has 0 heterocycles. The van der Waals surface area contributed by atoms with Crippen molar-refractivity contribution in [3.63, 3.8) is 0 Å². The summed E-state index contributed by atoms with van der Waals surface area (Å²) in [5.74, 6) is -0.264. The number of carbonyl (C=O) groups excluding carboxylic acids is 3. The van der Waals surface area contributed by atoms with Crippen LogP contribution in [0.15, 0.2) is 54.6 Å². The van der Waals surface area contributed by atoms with Gasteiger partial charge in [-0.3, -0.25) is 25.2 Å². The van der Waals surface area contributed by atoms with E-state index in [4.69, 9.17) is 26.4 Å². The lowest BCUT2D eigenvalue weighted by atomic mass is 10.1. The molecule has 0 spiro atoms. The van der Waals surface area contributed by atoms with Crippen molar-refractivity contribution in [1.82, 2.24) is 16.2 Å². The van der Waals surface area contributed by atoms with E-state index in [1.165, 1.54) is 5.56 Å². The lowest BCUT2D eigenvalue weighted by Crippen LogP contribution is -2.49. The smallest absolute Gasteiger partial charge is 0.306 e. The van der Waals surface area contributed by atoms with E-state index in [0.717, 1.165) is 6.42 Å². The van der Waals surface area contributed by atoms with E-state index in [2.05, 4.69) is 16.2 Å². The van der Waals surface area contributed by atoms with E-state index < -0.39 is 17.8 Å². The second-order valence-electron chi connectivity index (χ2n) is 6.82. The average molecular weight is 474 g/mol. The van der Waals surface area contributed by atoms with Crippen molar-refractivity contribution >= 4 is 35.1 Å². The summed E-state index contributed by atoms with van der Waals surface area (Å²) >= 11 is 4.94. The Kier molecular flexibility index (Phi) is 11.2. The van der Waals surface area contributed by atoms with Crippen LogP contribution in [-0.4, -0.2) is 43.2 Å². The van der Waals surface area contributed by atoms with Crippen LogP contribution in [0.4, 0.5) is 0 Å². The predicted molar refractivity (Wildman–Crippen MR) is 125 cm³/mol. The number of amides is 2. The number of esters is 1. The molecule has 0 radical (unpaired) electrons. The molecule has 2 rings (SSSR count). The third-order valence-electron chi connectivity index (χ3n) is 4.27. The molecule has 0 fully saturated rings. The van der Waals surface area contributed by atoms with Crippen LogP contribution in [0.2, 0.25) is 0 Å². The number of hydrazine groups is 1. The van der Waals surface area contributed by atoms with Gasteiger partial charge in [0.25, 0.3) is 5.91 Å². The van der Waals surface area contributed by atoms with Crippen LogP contribution in [0.1, 0.15) is 24.8 Å². The van der Waals surface area contributed by atoms with Crippen molar-refractivity contribution in [3.05, 3.63) is 60.2 Å². The first kappa shape index (κ1) is 25.6. The number of hydrogen-bond acceptors (Lipinski definition) is 7. The third kappa shape index (κ3) is 11.0. The van der Waals surface area contributed by atoms with Gasteiger partial charge in [0, 0.05) is 6.42 Å². The maximum absolute atomic E-state index is 11.9. The number of hydrogen-bond donors (Lipinski definition) is 3. The molecule has 0 bridgehead atoms. The van der Waals surface area contributed by atoms with E-state index in [-0.39, 0.29) is 24.6 Å². The molecule has 9 nitrogen and oxygen atoms in total. The summed E-state index contributed by atoms with van der Waals surface area (Å²) < 4.78 is 15.5. The van der Waals surface area contributed by atoms with Gasteiger partial charge in [0.1, 0.15) is 11.5 Å². The van der Waals surface area contributed by atoms with Crippen molar-refractivity contribution in [2.24, 2.45) is 0 Å². The fourth-order valence-corrected chi connectivity index (χ4v) is 2.76. The van der Waals surface area contributed by atoms with Gasteiger partial charge in [0.15, 0.2) is 11.7 Å². The number of benzene rings is 2. The summed E-state index contributed by atoms with van der Waals surface area (Å²) in [7, 11) is 1.55. The van der Waals surface area contributed by atoms with Gasteiger partial charge in [0.05, 0.1) is 20.1 Å². The van der Waals surface area contributed by atoms with Crippen LogP contribution in [0, 0.1) is 0 Å². The monoisotopic (exact) mass is 473 g/mol. The third-order valence-corrected chi connectivity index (χ3v) is 4.47. The molecule has 2 aromatic carbocycles. The van der Waals surface area contributed by atoms with Crippen LogP contribution in [0.25, 0.3) is 0 Å². The van der Waals surface area contributed by atoms with Crippen LogP contribution < -0.4 is 25.6 Å². The summed E-state index contributed by atoms with van der Waals surface area (Å²) in [6, 6.07) is 16.6. The number of nitrogens with one attached hydrogen (secondary N) is 3. The number of thiocarbonyl (C=S) groups is 1. The van der Waals surface area contributed by atoms with Gasteiger partial charge in [-0.15, -0.1) is 0 Å². The summed E-state index contributed by atoms with van der Waals surface area (Å²) in [6.45, 7) is 0.0337. The quantitative estimate of drug-likeness (QED) is 0.197. The molecule has 0 unspecified atom stereocenters. The summed E-state index contributed by atoms with van der Waals surface area (Å²) in [4.78, 5) is 35.4. The highest BCUT2D eigenvalue weighted by atomic mass is 32.1. The SMILES string of the molecule is COc1ccc(OCC(=O)NNC(=S)NC(=O)CCC(=O)OCCCc2ccccc2)cc1. The van der Waals surface area contributed by atoms with E-state index in [0.29, 0.717) is 24.5 Å². The fourth-order valence-electron chi connectivity index (χ4n) is 2.60. The Labute approximate surface area is 197 Å². The van der Waals surface area contributed by atoms with Crippen LogP contribution >= 0.6 is 12.2 Å². The average Bonchev–Trinajstić information content (AvgIpc) is 2.83. The topological polar surface area (TPSA) is 115 Å². The summed E-state index contributed by atoms with van der Waals surface area (Å²) in [5.41, 5.74) is 5.88. The molecule has 0 aliphatic rings. The minimum Gasteiger partial charge on any atom is -0.497 e. The van der Waals surface area contributed by atoms with Gasteiger partial charge < -0.3 is 19.5 Å². The molecule has 33 heavy (non-hydrogen) atoms. The number of carbonyl (C=O) groups is 3. The first-order valence-electron chi connectivity index (χ1n) is 10.3. The highest BCUT2D eigenvalue weighted by Gasteiger charge is 2.10. The number of rotatable bonds is 11. The second-order valence-corrected chi connectivity index (χ2v) is 7.23. The number of ether oxygens (including phenoxy) is 3. The van der Waals surface area contributed by atoms with Crippen molar-refractivity contribution in [2.45, 2.75) is 25.7 Å². The first-order valence-corrected chi connectivity index (χ1v) is 10.7. The molecule has 0 aliphatic heterocycles. The Balaban J connectivity index is 1.52. The maximum Gasteiger partial charge on any atom is 0.306 e. The number of methoxy groups -OCH3 is 1. The molecule has 0 aromatic heterocycles. The Hall–Kier alpha value is -3.66. The lowest BCUT2D eigenvalue weighted by molar-refractivity contribution is -0.145. The lowest BCUT2D eigenvalue weighted by Gasteiger charge is -2.11. The Bertz CT molecular complexity index is 922. The minimum atomic E-state index is -0.499. The highest BCUT2D eigenvalue weighted by Crippen LogP contribution is 2.16. The molecule has 2 aromatic rings. The Morgan fingerprint density at radius 2 is 1.58 bits per heavy atom. The van der Waals surface area contributed by atoms with Crippen LogP contribution in [0.3, 0.4) is 0 Å². The summed E-state index contributed by atoms with van der Waals surface area (Å²) in [5, 5.41) is 2.27. The molecule has 0 aliphatic carbocycles. The van der Waals surface area contributed by atoms with E-state index in [1.807, 2.05) is 30.3 Å². The van der Waals surface area contributed by atoms with Gasteiger partial charge in [-0.1, -0.05) is 30.3 Å². The Morgan fingerprint density at radius 3 is 2.27 bits per heavy atom. The van der Waals surface area contributed by atoms with Gasteiger partial charge in [0.2, 0.25) is 5.91 Å². The highest BCUT2D eigenvalue weighted by molar-refractivity contribution is 7.80. The molecule has 0 atom stereocenters. The van der Waals surface area contributed by atoms with Crippen molar-refractivity contribution in [3.8, 4) is 11.5 Å². The van der Waals surface area contributed by atoms with E-state index in [1.54, 1.807) is 31.4 Å². The van der Waals surface area contributed by atoms with Crippen molar-refractivity contribution in [2.75, 3.05) is 20.3 Å². The molecular formula is C23H27N3O6S. The van der Waals surface area contributed by atoms with Gasteiger partial charge >= 0.3 is 5.97 Å². The fraction of sp³-hybridized carbons (Fsp3) is 0.304. The molecule has 176 valence electrons. The first-order chi connectivity index (χ1) is 16.0. The van der Waals surface area contributed by atoms with Gasteiger partial charge in [-0.25, -0.2) is 0 Å². The largest absolute Gasteiger partial charge is 0.497 e. The van der Waals surface area contributed by atoms with Gasteiger partial charge in [-0.05, 0) is 54.9 Å². The van der Waals surface area contributed by atoms with Crippen LogP contribution in [-0.2, 0) is 25.5 Å². The molecule has 2 amide bonds. The zero-order valence-electron chi connectivity index (χ0n) is 18.3. The molecule has 3 N–H and O–H groups in total. The van der Waals surface area contributed by atoms with E-state index in [9.17, 15) is 14.4 Å². The maximum atomic E-state index is 11.9. The van der Waals surface area contributed by atoms with Crippen LogP contribution in [0.5, 0.6) is 11.5 Å². The van der Waals surface area contributed by atoms with Gasteiger partial charge in [-0.2, -0.15) is 0 Å². The molecule has 0 saturated heterocycles. The molecular weight excluding hydrogens is 446 g/mol. The molecule has 10 heteroatoms. The summed E-state index contributed by atoms with van der Waals surface area (Å²) in [6.07, 6.45) is 1.36. The van der Waals surface area contributed by atoms with E-state index >= 15 is 0 Å². The van der Waals surface area contributed by atoms with Crippen molar-refractivity contribution < 1.29 is 28.6 Å². The molecule has 0 saturated carbocycles. The van der Waals surface area contributed by atoms with Crippen molar-refractivity contribution in [1.29, 1.82) is 0 Å². The zero-order valence-corrected chi connectivity index (χ0v) is 19.1. The minimum absolute atomic E-state index is 0.0676. The normalized spacial score (nSPS) is 9.97. The Morgan fingerprint density at radius 1 is 0.879 bits per heavy atom. The second kappa shape index (κ2) is 14.4. The zero-order chi connectivity index (χ0) is 23.9. The standard InChI is InChI=1S/C23H27N3O6S/c1-30-18-9-11-19(12-10-18)32-16-21(28)25-26-23(33)24-20(27)13-14-22(29)31-15-5-8-17-6-3-2-4-7-17/h2-4,6-7,9-12H,5,8,13-16H2,1H3,(H,25,28)(H2,24,26,27,33). The predicted octanol–water partition coefficient (Wildman–Crippen LogP) is 2.05. The number of aryl methyl sites for hydroxylation is 1.